The predicted octanol–water partition coefficient (Wildman–Crippen LogP) is 1.27. The van der Waals surface area contributed by atoms with Gasteiger partial charge in [0.1, 0.15) is 0 Å². The summed E-state index contributed by atoms with van der Waals surface area (Å²) in [5.74, 6) is 0.131. The van der Waals surface area contributed by atoms with Crippen molar-refractivity contribution in [3.05, 3.63) is 30.1 Å². The molecule has 5 heteroatoms. The summed E-state index contributed by atoms with van der Waals surface area (Å²) in [7, 11) is 3.79. The number of amides is 1. The minimum atomic E-state index is 0.131. The molecule has 0 atom stereocenters. The van der Waals surface area contributed by atoms with Gasteiger partial charge in [0.2, 0.25) is 5.91 Å². The number of rotatable bonds is 5. The summed E-state index contributed by atoms with van der Waals surface area (Å²) in [4.78, 5) is 17.9. The van der Waals surface area contributed by atoms with Gasteiger partial charge in [-0.2, -0.15) is 0 Å². The summed E-state index contributed by atoms with van der Waals surface area (Å²) in [6, 6.07) is 6.11. The summed E-state index contributed by atoms with van der Waals surface area (Å²) in [6.45, 7) is 1.16. The fourth-order valence-electron chi connectivity index (χ4n) is 2.09. The first-order chi connectivity index (χ1) is 9.11. The zero-order valence-electron chi connectivity index (χ0n) is 11.5. The number of benzene rings is 1. The topological polar surface area (TPSA) is 64.2 Å². The first-order valence-corrected chi connectivity index (χ1v) is 6.46. The van der Waals surface area contributed by atoms with E-state index in [4.69, 9.17) is 5.73 Å². The van der Waals surface area contributed by atoms with Crippen LogP contribution >= 0.6 is 0 Å². The molecule has 0 fully saturated rings. The molecule has 0 aliphatic carbocycles. The Kier molecular flexibility index (Phi) is 4.16. The van der Waals surface area contributed by atoms with E-state index in [2.05, 4.69) is 4.98 Å². The maximum atomic E-state index is 11.8. The Labute approximate surface area is 113 Å². The van der Waals surface area contributed by atoms with E-state index in [0.717, 1.165) is 23.0 Å². The SMILES string of the molecule is CN(Cc1ccc2c(c1)ncn2C)C(=O)CCCN. The van der Waals surface area contributed by atoms with E-state index in [1.54, 1.807) is 11.2 Å². The molecule has 0 unspecified atom stereocenters. The molecular formula is C14H20N4O. The third-order valence-electron chi connectivity index (χ3n) is 3.23. The number of imidazole rings is 1. The van der Waals surface area contributed by atoms with Crippen molar-refractivity contribution in [3.63, 3.8) is 0 Å². The fourth-order valence-corrected chi connectivity index (χ4v) is 2.09. The highest BCUT2D eigenvalue weighted by atomic mass is 16.2. The monoisotopic (exact) mass is 260 g/mol. The van der Waals surface area contributed by atoms with Crippen molar-refractivity contribution in [2.24, 2.45) is 12.8 Å². The second-order valence-corrected chi connectivity index (χ2v) is 4.82. The molecule has 102 valence electrons. The lowest BCUT2D eigenvalue weighted by Gasteiger charge is -2.17. The Balaban J connectivity index is 2.06. The minimum absolute atomic E-state index is 0.131. The van der Waals surface area contributed by atoms with E-state index in [9.17, 15) is 4.79 Å². The van der Waals surface area contributed by atoms with Gasteiger partial charge < -0.3 is 15.2 Å². The van der Waals surface area contributed by atoms with Crippen molar-refractivity contribution >= 4 is 16.9 Å². The van der Waals surface area contributed by atoms with Crippen LogP contribution in [0.5, 0.6) is 0 Å². The molecule has 19 heavy (non-hydrogen) atoms. The van der Waals surface area contributed by atoms with Crippen molar-refractivity contribution in [2.45, 2.75) is 19.4 Å². The maximum Gasteiger partial charge on any atom is 0.222 e. The number of aryl methyl sites for hydroxylation is 1. The molecule has 1 amide bonds. The molecule has 0 aliphatic rings. The van der Waals surface area contributed by atoms with E-state index < -0.39 is 0 Å². The standard InChI is InChI=1S/C14H20N4O/c1-17(14(19)4-3-7-15)9-11-5-6-13-12(8-11)16-10-18(13)2/h5-6,8,10H,3-4,7,9,15H2,1-2H3. The van der Waals surface area contributed by atoms with Gasteiger partial charge in [0.15, 0.2) is 0 Å². The Morgan fingerprint density at radius 3 is 3.00 bits per heavy atom. The Bertz CT molecular complexity index is 576. The van der Waals surface area contributed by atoms with Crippen molar-refractivity contribution < 1.29 is 4.79 Å². The minimum Gasteiger partial charge on any atom is -0.341 e. The van der Waals surface area contributed by atoms with Crippen LogP contribution in [0.2, 0.25) is 0 Å². The molecular weight excluding hydrogens is 240 g/mol. The second kappa shape index (κ2) is 5.84. The van der Waals surface area contributed by atoms with Crippen LogP contribution in [0.25, 0.3) is 11.0 Å². The number of nitrogens with two attached hydrogens (primary N) is 1. The number of carbonyl (C=O) groups is 1. The van der Waals surface area contributed by atoms with Crippen LogP contribution in [0.15, 0.2) is 24.5 Å². The number of aromatic nitrogens is 2. The van der Waals surface area contributed by atoms with Gasteiger partial charge in [0, 0.05) is 27.1 Å². The van der Waals surface area contributed by atoms with Gasteiger partial charge in [-0.1, -0.05) is 6.07 Å². The predicted molar refractivity (Wildman–Crippen MR) is 75.5 cm³/mol. The summed E-state index contributed by atoms with van der Waals surface area (Å²) >= 11 is 0. The van der Waals surface area contributed by atoms with E-state index in [1.807, 2.05) is 36.9 Å². The average Bonchev–Trinajstić information content (AvgIpc) is 2.77. The molecule has 1 aromatic heterocycles. The lowest BCUT2D eigenvalue weighted by atomic mass is 10.2. The zero-order chi connectivity index (χ0) is 13.8. The molecule has 2 aromatic rings. The average molecular weight is 260 g/mol. The van der Waals surface area contributed by atoms with Crippen LogP contribution in [-0.4, -0.2) is 34.0 Å². The van der Waals surface area contributed by atoms with Gasteiger partial charge in [0.05, 0.1) is 17.4 Å². The molecule has 0 saturated carbocycles. The molecule has 0 spiro atoms. The first kappa shape index (κ1) is 13.5. The Hall–Kier alpha value is -1.88. The van der Waals surface area contributed by atoms with Gasteiger partial charge in [-0.3, -0.25) is 4.79 Å². The van der Waals surface area contributed by atoms with Crippen molar-refractivity contribution in [3.8, 4) is 0 Å². The number of carbonyl (C=O) groups excluding carboxylic acids is 1. The van der Waals surface area contributed by atoms with Crippen LogP contribution in [0.1, 0.15) is 18.4 Å². The summed E-state index contributed by atoms with van der Waals surface area (Å²) in [5.41, 5.74) is 8.56. The third kappa shape index (κ3) is 3.12. The van der Waals surface area contributed by atoms with Gasteiger partial charge in [-0.25, -0.2) is 4.98 Å². The molecule has 1 aromatic carbocycles. The van der Waals surface area contributed by atoms with Gasteiger partial charge in [-0.15, -0.1) is 0 Å². The van der Waals surface area contributed by atoms with Gasteiger partial charge >= 0.3 is 0 Å². The largest absolute Gasteiger partial charge is 0.341 e. The van der Waals surface area contributed by atoms with Gasteiger partial charge in [-0.05, 0) is 30.7 Å². The molecule has 2 N–H and O–H groups in total. The fraction of sp³-hybridized carbons (Fsp3) is 0.429. The Morgan fingerprint density at radius 1 is 1.47 bits per heavy atom. The molecule has 2 rings (SSSR count). The maximum absolute atomic E-state index is 11.8. The number of hydrogen-bond donors (Lipinski definition) is 1. The van der Waals surface area contributed by atoms with Crippen LogP contribution in [0, 0.1) is 0 Å². The second-order valence-electron chi connectivity index (χ2n) is 4.82. The van der Waals surface area contributed by atoms with Crippen LogP contribution < -0.4 is 5.73 Å². The van der Waals surface area contributed by atoms with Gasteiger partial charge in [0.25, 0.3) is 0 Å². The van der Waals surface area contributed by atoms with E-state index in [1.165, 1.54) is 0 Å². The molecule has 1 heterocycles. The highest BCUT2D eigenvalue weighted by Crippen LogP contribution is 2.15. The quantitative estimate of drug-likeness (QED) is 0.880. The normalized spacial score (nSPS) is 10.9. The highest BCUT2D eigenvalue weighted by Gasteiger charge is 2.09. The van der Waals surface area contributed by atoms with Crippen molar-refractivity contribution in [2.75, 3.05) is 13.6 Å². The van der Waals surface area contributed by atoms with E-state index in [0.29, 0.717) is 19.5 Å². The molecule has 0 aliphatic heterocycles. The number of fused-ring (bicyclic) bond motifs is 1. The zero-order valence-corrected chi connectivity index (χ0v) is 11.5. The van der Waals surface area contributed by atoms with E-state index in [-0.39, 0.29) is 5.91 Å². The number of hydrogen-bond acceptors (Lipinski definition) is 3. The summed E-state index contributed by atoms with van der Waals surface area (Å²) < 4.78 is 1.98. The van der Waals surface area contributed by atoms with Crippen LogP contribution in [0.4, 0.5) is 0 Å². The van der Waals surface area contributed by atoms with Crippen LogP contribution in [0.3, 0.4) is 0 Å². The lowest BCUT2D eigenvalue weighted by Crippen LogP contribution is -2.26. The first-order valence-electron chi connectivity index (χ1n) is 6.46. The van der Waals surface area contributed by atoms with Crippen LogP contribution in [-0.2, 0) is 18.4 Å². The molecule has 0 radical (unpaired) electrons. The van der Waals surface area contributed by atoms with E-state index >= 15 is 0 Å². The summed E-state index contributed by atoms with van der Waals surface area (Å²) in [6.07, 6.45) is 3.05. The smallest absolute Gasteiger partial charge is 0.222 e. The van der Waals surface area contributed by atoms with Crippen molar-refractivity contribution in [1.29, 1.82) is 0 Å². The van der Waals surface area contributed by atoms with Crippen molar-refractivity contribution in [1.82, 2.24) is 14.5 Å². The number of nitrogens with zero attached hydrogens (tertiary/aromatic N) is 3. The Morgan fingerprint density at radius 2 is 2.26 bits per heavy atom. The molecule has 5 nitrogen and oxygen atoms in total. The molecule has 0 bridgehead atoms. The summed E-state index contributed by atoms with van der Waals surface area (Å²) in [5, 5.41) is 0. The molecule has 0 saturated heterocycles. The highest BCUT2D eigenvalue weighted by molar-refractivity contribution is 5.77. The third-order valence-corrected chi connectivity index (χ3v) is 3.23. The lowest BCUT2D eigenvalue weighted by molar-refractivity contribution is -0.130.